The summed E-state index contributed by atoms with van der Waals surface area (Å²) in [5, 5.41) is 0. The number of nitrogens with zero attached hydrogens (tertiary/aromatic N) is 1. The number of rotatable bonds is 7. The number of hydrogen-bond donors (Lipinski definition) is 0. The molecule has 11 heavy (non-hydrogen) atoms. The van der Waals surface area contributed by atoms with Gasteiger partial charge in [-0.15, -0.1) is 4.91 Å². The molecular weight excluding hydrogens is 166 g/mol. The van der Waals surface area contributed by atoms with Crippen molar-refractivity contribution in [2.24, 2.45) is 4.58 Å². The first kappa shape index (κ1) is 10.9. The summed E-state index contributed by atoms with van der Waals surface area (Å²) in [4.78, 5) is 9.55. The van der Waals surface area contributed by atoms with Crippen LogP contribution in [0.2, 0.25) is 0 Å². The SMILES string of the molecule is CC(C)OCCOCSN=O. The van der Waals surface area contributed by atoms with Gasteiger partial charge in [0.15, 0.2) is 0 Å². The van der Waals surface area contributed by atoms with Crippen LogP contribution in [0.15, 0.2) is 4.58 Å². The van der Waals surface area contributed by atoms with Crippen LogP contribution in [-0.4, -0.2) is 25.3 Å². The van der Waals surface area contributed by atoms with E-state index in [9.17, 15) is 4.91 Å². The first-order valence-corrected chi connectivity index (χ1v) is 4.35. The van der Waals surface area contributed by atoms with Gasteiger partial charge in [-0.3, -0.25) is 0 Å². The monoisotopic (exact) mass is 179 g/mol. The smallest absolute Gasteiger partial charge is 0.117 e. The van der Waals surface area contributed by atoms with E-state index in [1.165, 1.54) is 0 Å². The fourth-order valence-corrected chi connectivity index (χ4v) is 0.696. The van der Waals surface area contributed by atoms with Gasteiger partial charge in [0.25, 0.3) is 0 Å². The maximum Gasteiger partial charge on any atom is 0.117 e. The second kappa shape index (κ2) is 7.97. The van der Waals surface area contributed by atoms with Crippen molar-refractivity contribution in [2.75, 3.05) is 19.2 Å². The fraction of sp³-hybridized carbons (Fsp3) is 1.00. The van der Waals surface area contributed by atoms with Gasteiger partial charge < -0.3 is 9.47 Å². The van der Waals surface area contributed by atoms with E-state index in [1.807, 2.05) is 13.8 Å². The van der Waals surface area contributed by atoms with Crippen molar-refractivity contribution in [3.05, 3.63) is 4.91 Å². The Balaban J connectivity index is 2.85. The van der Waals surface area contributed by atoms with Gasteiger partial charge in [0, 0.05) is 16.5 Å². The van der Waals surface area contributed by atoms with Gasteiger partial charge in [0.1, 0.15) is 5.94 Å². The highest BCUT2D eigenvalue weighted by Crippen LogP contribution is 1.99. The van der Waals surface area contributed by atoms with Gasteiger partial charge in [0.2, 0.25) is 0 Å². The minimum absolute atomic E-state index is 0.232. The van der Waals surface area contributed by atoms with Crippen LogP contribution in [0.5, 0.6) is 0 Å². The van der Waals surface area contributed by atoms with Crippen molar-refractivity contribution in [3.63, 3.8) is 0 Å². The van der Waals surface area contributed by atoms with Crippen molar-refractivity contribution in [1.82, 2.24) is 0 Å². The Morgan fingerprint density at radius 3 is 2.73 bits per heavy atom. The van der Waals surface area contributed by atoms with Gasteiger partial charge in [-0.1, -0.05) is 0 Å². The molecule has 0 atom stereocenters. The first-order chi connectivity index (χ1) is 5.27. The highest BCUT2D eigenvalue weighted by Gasteiger charge is 1.92. The van der Waals surface area contributed by atoms with E-state index in [2.05, 4.69) is 4.58 Å². The third-order valence-electron chi connectivity index (χ3n) is 0.868. The normalized spacial score (nSPS) is 10.5. The molecule has 0 unspecified atom stereocenters. The molecule has 0 heterocycles. The molecule has 0 N–H and O–H groups in total. The lowest BCUT2D eigenvalue weighted by Gasteiger charge is -2.06. The maximum absolute atomic E-state index is 9.55. The lowest BCUT2D eigenvalue weighted by Crippen LogP contribution is -2.09. The van der Waals surface area contributed by atoms with Crippen LogP contribution in [0.1, 0.15) is 13.8 Å². The average molecular weight is 179 g/mol. The minimum Gasteiger partial charge on any atom is -0.376 e. The molecule has 0 radical (unpaired) electrons. The molecule has 5 heteroatoms. The van der Waals surface area contributed by atoms with Crippen LogP contribution >= 0.6 is 11.9 Å². The van der Waals surface area contributed by atoms with Crippen molar-refractivity contribution < 1.29 is 9.47 Å². The zero-order valence-electron chi connectivity index (χ0n) is 6.78. The zero-order chi connectivity index (χ0) is 8.53. The van der Waals surface area contributed by atoms with Crippen LogP contribution in [0.4, 0.5) is 0 Å². The molecule has 0 spiro atoms. The fourth-order valence-electron chi connectivity index (χ4n) is 0.460. The molecule has 0 aromatic rings. The van der Waals surface area contributed by atoms with Gasteiger partial charge in [-0.05, 0) is 13.8 Å². The summed E-state index contributed by atoms with van der Waals surface area (Å²) >= 11 is 0.859. The predicted octanol–water partition coefficient (Wildman–Crippen LogP) is 1.80. The molecule has 0 aromatic heterocycles. The molecule has 0 rings (SSSR count). The summed E-state index contributed by atoms with van der Waals surface area (Å²) in [6.45, 7) is 5.00. The number of hydrogen-bond acceptors (Lipinski definition) is 5. The molecule has 4 nitrogen and oxygen atoms in total. The predicted molar refractivity (Wildman–Crippen MR) is 45.3 cm³/mol. The van der Waals surface area contributed by atoms with E-state index in [4.69, 9.17) is 9.47 Å². The van der Waals surface area contributed by atoms with Crippen LogP contribution < -0.4 is 0 Å². The number of nitroso groups, excluding NO2 is 1. The molecule has 0 bridgehead atoms. The Kier molecular flexibility index (Phi) is 7.88. The molecule has 0 saturated carbocycles. The quantitative estimate of drug-likeness (QED) is 0.259. The van der Waals surface area contributed by atoms with Crippen LogP contribution in [-0.2, 0) is 9.47 Å². The van der Waals surface area contributed by atoms with Gasteiger partial charge in [-0.2, -0.15) is 0 Å². The van der Waals surface area contributed by atoms with Crippen molar-refractivity contribution >= 4 is 11.9 Å². The van der Waals surface area contributed by atoms with Crippen LogP contribution in [0, 0.1) is 4.91 Å². The van der Waals surface area contributed by atoms with Crippen molar-refractivity contribution in [3.8, 4) is 0 Å². The summed E-state index contributed by atoms with van der Waals surface area (Å²) in [6.07, 6.45) is 0.232. The molecule has 66 valence electrons. The Bertz CT molecular complexity index is 99.8. The van der Waals surface area contributed by atoms with Crippen molar-refractivity contribution in [1.29, 1.82) is 0 Å². The third-order valence-corrected chi connectivity index (χ3v) is 1.25. The van der Waals surface area contributed by atoms with Crippen molar-refractivity contribution in [2.45, 2.75) is 20.0 Å². The third kappa shape index (κ3) is 9.87. The Hall–Kier alpha value is -0.130. The molecule has 0 fully saturated rings. The highest BCUT2D eigenvalue weighted by atomic mass is 32.2. The zero-order valence-corrected chi connectivity index (χ0v) is 7.60. The van der Waals surface area contributed by atoms with Crippen LogP contribution in [0.25, 0.3) is 0 Å². The van der Waals surface area contributed by atoms with E-state index >= 15 is 0 Å². The first-order valence-electron chi connectivity index (χ1n) is 3.41. The molecule has 0 aliphatic rings. The van der Waals surface area contributed by atoms with E-state index in [0.717, 1.165) is 11.9 Å². The Morgan fingerprint density at radius 1 is 1.45 bits per heavy atom. The lowest BCUT2D eigenvalue weighted by molar-refractivity contribution is 0.0317. The maximum atomic E-state index is 9.55. The topological polar surface area (TPSA) is 47.9 Å². The molecular formula is C6H13NO3S. The van der Waals surface area contributed by atoms with Crippen LogP contribution in [0.3, 0.4) is 0 Å². The Labute approximate surface area is 70.7 Å². The molecule has 0 aliphatic heterocycles. The summed E-state index contributed by atoms with van der Waals surface area (Å²) in [5.41, 5.74) is 0. The lowest BCUT2D eigenvalue weighted by atomic mass is 10.5. The van der Waals surface area contributed by atoms with Gasteiger partial charge >= 0.3 is 0 Å². The summed E-state index contributed by atoms with van der Waals surface area (Å²) in [5.74, 6) is 0.310. The molecule has 0 aliphatic carbocycles. The highest BCUT2D eigenvalue weighted by molar-refractivity contribution is 7.97. The second-order valence-electron chi connectivity index (χ2n) is 2.15. The summed E-state index contributed by atoms with van der Waals surface area (Å²) < 4.78 is 12.7. The molecule has 0 aromatic carbocycles. The minimum atomic E-state index is 0.232. The van der Waals surface area contributed by atoms with Gasteiger partial charge in [0.05, 0.1) is 19.3 Å². The largest absolute Gasteiger partial charge is 0.376 e. The Morgan fingerprint density at radius 2 is 2.18 bits per heavy atom. The standard InChI is InChI=1S/C6H13NO3S/c1-6(2)10-4-3-9-5-11-7-8/h6H,3-5H2,1-2H3. The molecule has 0 saturated heterocycles. The number of ether oxygens (including phenoxy) is 2. The van der Waals surface area contributed by atoms with Gasteiger partial charge in [-0.25, -0.2) is 0 Å². The van der Waals surface area contributed by atoms with E-state index in [-0.39, 0.29) is 6.10 Å². The molecule has 0 amide bonds. The second-order valence-corrected chi connectivity index (χ2v) is 2.79. The van der Waals surface area contributed by atoms with E-state index in [0.29, 0.717) is 19.2 Å². The average Bonchev–Trinajstić information content (AvgIpc) is 1.96. The van der Waals surface area contributed by atoms with E-state index < -0.39 is 0 Å². The summed E-state index contributed by atoms with van der Waals surface area (Å²) in [6, 6.07) is 0. The summed E-state index contributed by atoms with van der Waals surface area (Å²) in [7, 11) is 0. The van der Waals surface area contributed by atoms with E-state index in [1.54, 1.807) is 0 Å².